The lowest BCUT2D eigenvalue weighted by molar-refractivity contribution is 0.159. The van der Waals surface area contributed by atoms with Gasteiger partial charge in [0.15, 0.2) is 0 Å². The maximum Gasteiger partial charge on any atom is 0.462 e. The predicted octanol–water partition coefficient (Wildman–Crippen LogP) is 1.97. The molecule has 0 aliphatic carbocycles. The third-order valence-corrected chi connectivity index (χ3v) is 2.13. The second-order valence-electron chi connectivity index (χ2n) is 2.34. The largest absolute Gasteiger partial charge is 0.462 e. The highest BCUT2D eigenvalue weighted by atomic mass is 32.1. The molecule has 0 fully saturated rings. The molecule has 14 heavy (non-hydrogen) atoms. The van der Waals surface area contributed by atoms with E-state index < -0.39 is 6.09 Å². The summed E-state index contributed by atoms with van der Waals surface area (Å²) in [5, 5.41) is 10.6. The van der Waals surface area contributed by atoms with E-state index in [0.717, 1.165) is 5.49 Å². The van der Waals surface area contributed by atoms with Crippen molar-refractivity contribution in [3.05, 3.63) is 35.9 Å². The second-order valence-corrected chi connectivity index (χ2v) is 2.93. The Morgan fingerprint density at radius 3 is 2.43 bits per heavy atom. The van der Waals surface area contributed by atoms with E-state index in [1.165, 1.54) is 0 Å². The van der Waals surface area contributed by atoms with Crippen LogP contribution in [0, 0.1) is 6.07 Å². The fraction of sp³-hybridized carbons (Fsp3) is 0. The molecule has 0 aliphatic heterocycles. The van der Waals surface area contributed by atoms with Gasteiger partial charge in [-0.3, -0.25) is 0 Å². The summed E-state index contributed by atoms with van der Waals surface area (Å²) in [6, 6.07) is 9.37. The first kappa shape index (κ1) is 10.7. The zero-order chi connectivity index (χ0) is 10.6. The molecule has 0 N–H and O–H groups in total. The zero-order valence-corrected chi connectivity index (χ0v) is 8.60. The third kappa shape index (κ3) is 2.34. The van der Waals surface area contributed by atoms with Crippen LogP contribution < -0.4 is 0 Å². The highest BCUT2D eigenvalue weighted by Crippen LogP contribution is 2.05. The van der Waals surface area contributed by atoms with E-state index in [9.17, 15) is 9.90 Å². The Bertz CT molecular complexity index is 364. The average Bonchev–Trinajstić information content (AvgIpc) is 2.19. The number of carbonyl (C=O) groups excluding carboxylic acids is 1. The van der Waals surface area contributed by atoms with Crippen LogP contribution in [0.3, 0.4) is 0 Å². The fourth-order valence-corrected chi connectivity index (χ4v) is 1.36. The van der Waals surface area contributed by atoms with Gasteiger partial charge in [-0.1, -0.05) is 48.7 Å². The molecule has 0 bridgehead atoms. The molecule has 0 atom stereocenters. The van der Waals surface area contributed by atoms with Gasteiger partial charge in [-0.15, -0.1) is 0 Å². The molecule has 0 aromatic heterocycles. The lowest BCUT2D eigenvalue weighted by Crippen LogP contribution is -2.32. The van der Waals surface area contributed by atoms with Crippen LogP contribution in [-0.2, 0) is 5.11 Å². The summed E-state index contributed by atoms with van der Waals surface area (Å²) in [5.41, 5.74) is 1.53. The molecule has 0 spiro atoms. The zero-order valence-electron chi connectivity index (χ0n) is 6.97. The number of hydrogen-bond acceptors (Lipinski definition) is 3. The first-order valence-electron chi connectivity index (χ1n) is 3.62. The molecule has 1 rings (SSSR count). The molecular weight excluding hydrogens is 218 g/mol. The van der Waals surface area contributed by atoms with Gasteiger partial charge >= 0.3 is 6.09 Å². The summed E-state index contributed by atoms with van der Waals surface area (Å²) in [4.78, 5) is 11.4. The van der Waals surface area contributed by atoms with E-state index in [0.29, 0.717) is 10.5 Å². The minimum absolute atomic E-state index is 0.106. The van der Waals surface area contributed by atoms with Crippen molar-refractivity contribution in [2.75, 3.05) is 0 Å². The summed E-state index contributed by atoms with van der Waals surface area (Å²) in [6.45, 7) is 0. The van der Waals surface area contributed by atoms with Gasteiger partial charge in [0.1, 0.15) is 4.99 Å². The molecule has 2 radical (unpaired) electrons. The normalized spacial score (nSPS) is 9.14. The lowest BCUT2D eigenvalue weighted by Gasteiger charge is -2.12. The molecule has 1 aromatic rings. The highest BCUT2D eigenvalue weighted by Gasteiger charge is 2.17. The molecule has 3 nitrogen and oxygen atoms in total. The van der Waals surface area contributed by atoms with Crippen LogP contribution in [0.1, 0.15) is 5.56 Å². The van der Waals surface area contributed by atoms with E-state index in [2.05, 4.69) is 18.3 Å². The third-order valence-electron chi connectivity index (χ3n) is 1.49. The van der Waals surface area contributed by atoms with Crippen LogP contribution in [-0.4, -0.2) is 21.5 Å². The molecule has 0 saturated carbocycles. The van der Waals surface area contributed by atoms with E-state index in [-0.39, 0.29) is 4.99 Å². The predicted molar refractivity (Wildman–Crippen MR) is 58.6 cm³/mol. The maximum atomic E-state index is 10.6. The number of thiocarbonyl (C=S) groups is 2. The average molecular weight is 223 g/mol. The van der Waals surface area contributed by atoms with Crippen LogP contribution in [0.25, 0.3) is 0 Å². The fourth-order valence-electron chi connectivity index (χ4n) is 0.842. The Kier molecular flexibility index (Phi) is 3.67. The number of hydrogen-bond donors (Lipinski definition) is 0. The summed E-state index contributed by atoms with van der Waals surface area (Å²) in [7, 11) is 0. The minimum Gasteiger partial charge on any atom is -0.229 e. The van der Waals surface area contributed by atoms with Gasteiger partial charge in [0.2, 0.25) is 0 Å². The molecule has 1 amide bonds. The van der Waals surface area contributed by atoms with Crippen LogP contribution >= 0.6 is 24.4 Å². The molecule has 0 heterocycles. The molecular formula is C9H5NO2S2. The Hall–Kier alpha value is -1.33. The lowest BCUT2D eigenvalue weighted by atomic mass is 10.2. The van der Waals surface area contributed by atoms with Gasteiger partial charge in [0.25, 0.3) is 0 Å². The van der Waals surface area contributed by atoms with Crippen molar-refractivity contribution in [2.45, 2.75) is 0 Å². The van der Waals surface area contributed by atoms with Crippen molar-refractivity contribution >= 4 is 41.0 Å². The van der Waals surface area contributed by atoms with Gasteiger partial charge in [-0.2, -0.15) is 0 Å². The number of nitrogens with zero attached hydrogens (tertiary/aromatic N) is 1. The summed E-state index contributed by atoms with van der Waals surface area (Å²) in [6.07, 6.45) is -1.43. The SMILES string of the molecule is [O]C(=O)N(C=S)C(=S)c1cc[c]cc1. The van der Waals surface area contributed by atoms with Crippen LogP contribution in [0.4, 0.5) is 4.79 Å². The van der Waals surface area contributed by atoms with Gasteiger partial charge in [0, 0.05) is 5.56 Å². The Morgan fingerprint density at radius 2 is 2.00 bits per heavy atom. The summed E-state index contributed by atoms with van der Waals surface area (Å²) in [5.74, 6) is 0. The smallest absolute Gasteiger partial charge is 0.229 e. The number of rotatable bonds is 2. The maximum absolute atomic E-state index is 10.6. The molecule has 0 unspecified atom stereocenters. The first-order chi connectivity index (χ1) is 6.66. The van der Waals surface area contributed by atoms with Crippen molar-refractivity contribution in [1.29, 1.82) is 0 Å². The standard InChI is InChI=1S/C9H5NO2S2/c11-9(12)10(6-13)8(14)7-4-2-1-3-5-7/h2-6H. The number of amides is 1. The van der Waals surface area contributed by atoms with Crippen LogP contribution in [0.15, 0.2) is 24.3 Å². The minimum atomic E-state index is -1.43. The van der Waals surface area contributed by atoms with E-state index in [1.807, 2.05) is 0 Å². The monoisotopic (exact) mass is 223 g/mol. The van der Waals surface area contributed by atoms with Gasteiger partial charge in [0.05, 0.1) is 5.49 Å². The van der Waals surface area contributed by atoms with E-state index in [1.54, 1.807) is 24.3 Å². The van der Waals surface area contributed by atoms with E-state index >= 15 is 0 Å². The Morgan fingerprint density at radius 1 is 1.43 bits per heavy atom. The second kappa shape index (κ2) is 4.78. The van der Waals surface area contributed by atoms with Crippen molar-refractivity contribution in [3.8, 4) is 0 Å². The first-order valence-corrected chi connectivity index (χ1v) is 4.50. The van der Waals surface area contributed by atoms with Gasteiger partial charge in [-0.25, -0.2) is 14.8 Å². The summed E-state index contributed by atoms with van der Waals surface area (Å²) < 4.78 is 0. The molecule has 1 aromatic carbocycles. The molecule has 5 heteroatoms. The van der Waals surface area contributed by atoms with Crippen molar-refractivity contribution < 1.29 is 9.90 Å². The Labute approximate surface area is 92.0 Å². The quantitative estimate of drug-likeness (QED) is 0.720. The number of carbonyl (C=O) groups is 1. The molecule has 0 saturated heterocycles. The van der Waals surface area contributed by atoms with Crippen molar-refractivity contribution in [3.63, 3.8) is 0 Å². The topological polar surface area (TPSA) is 40.2 Å². The van der Waals surface area contributed by atoms with Gasteiger partial charge < -0.3 is 0 Å². The molecule has 70 valence electrons. The van der Waals surface area contributed by atoms with E-state index in [4.69, 9.17) is 12.2 Å². The van der Waals surface area contributed by atoms with Crippen LogP contribution in [0.5, 0.6) is 0 Å². The van der Waals surface area contributed by atoms with Gasteiger partial charge in [-0.05, 0) is 6.07 Å². The number of benzene rings is 1. The highest BCUT2D eigenvalue weighted by molar-refractivity contribution is 7.81. The van der Waals surface area contributed by atoms with Crippen molar-refractivity contribution in [1.82, 2.24) is 4.90 Å². The van der Waals surface area contributed by atoms with Crippen molar-refractivity contribution in [2.24, 2.45) is 0 Å². The molecule has 0 aliphatic rings. The Balaban J connectivity index is 2.95. The summed E-state index contributed by atoms with van der Waals surface area (Å²) >= 11 is 9.42. The van der Waals surface area contributed by atoms with Crippen LogP contribution in [0.2, 0.25) is 0 Å².